The van der Waals surface area contributed by atoms with E-state index in [1.165, 1.54) is 12.1 Å². The maximum atomic E-state index is 12.9. The summed E-state index contributed by atoms with van der Waals surface area (Å²) in [6, 6.07) is 6.51. The smallest absolute Gasteiger partial charge is 0.191 e. The number of aliphatic imine (C=N–C) groups is 1. The normalized spacial score (nSPS) is 14.6. The zero-order valence-electron chi connectivity index (χ0n) is 10.4. The maximum Gasteiger partial charge on any atom is 0.191 e. The monoisotopic (exact) mass is 250 g/mol. The van der Waals surface area contributed by atoms with Gasteiger partial charge in [-0.1, -0.05) is 6.07 Å². The number of hydrogen-bond acceptors (Lipinski definition) is 4. The molecule has 1 heterocycles. The van der Waals surface area contributed by atoms with Crippen molar-refractivity contribution in [3.8, 4) is 0 Å². The minimum atomic E-state index is -0.209. The Hall–Kier alpha value is -1.78. The minimum Gasteiger partial charge on any atom is -0.385 e. The Morgan fingerprint density at radius 3 is 2.94 bits per heavy atom. The molecule has 0 fully saturated rings. The van der Waals surface area contributed by atoms with Crippen LogP contribution in [-0.4, -0.2) is 32.1 Å². The first-order chi connectivity index (χ1) is 8.84. The fourth-order valence-corrected chi connectivity index (χ4v) is 1.78. The van der Waals surface area contributed by atoms with Gasteiger partial charge in [0.05, 0.1) is 0 Å². The quantitative estimate of drug-likeness (QED) is 0.695. The van der Waals surface area contributed by atoms with Gasteiger partial charge in [0.1, 0.15) is 5.82 Å². The first kappa shape index (κ1) is 12.7. The number of hydrogen-bond donors (Lipinski definition) is 3. The second-order valence-electron chi connectivity index (χ2n) is 4.23. The lowest BCUT2D eigenvalue weighted by atomic mass is 10.3. The summed E-state index contributed by atoms with van der Waals surface area (Å²) in [5, 5.41) is 9.63. The Balaban J connectivity index is 1.60. The van der Waals surface area contributed by atoms with E-state index in [-0.39, 0.29) is 5.82 Å². The molecule has 0 aliphatic carbocycles. The maximum absolute atomic E-state index is 12.9. The van der Waals surface area contributed by atoms with Gasteiger partial charge in [-0.3, -0.25) is 4.99 Å². The van der Waals surface area contributed by atoms with Crippen molar-refractivity contribution in [1.82, 2.24) is 10.6 Å². The van der Waals surface area contributed by atoms with Crippen LogP contribution in [-0.2, 0) is 0 Å². The zero-order valence-corrected chi connectivity index (χ0v) is 10.4. The van der Waals surface area contributed by atoms with Gasteiger partial charge in [-0.25, -0.2) is 4.39 Å². The average molecular weight is 250 g/mol. The Bertz CT molecular complexity index is 406. The molecular weight excluding hydrogens is 231 g/mol. The SMILES string of the molecule is Fc1cccc(NCCCNC2=NCCCN2)c1. The van der Waals surface area contributed by atoms with E-state index >= 15 is 0 Å². The molecule has 0 saturated heterocycles. The summed E-state index contributed by atoms with van der Waals surface area (Å²) in [5.41, 5.74) is 0.822. The lowest BCUT2D eigenvalue weighted by Crippen LogP contribution is -2.41. The number of rotatable bonds is 5. The second kappa shape index (κ2) is 6.83. The number of guanidine groups is 1. The van der Waals surface area contributed by atoms with Crippen molar-refractivity contribution >= 4 is 11.6 Å². The molecule has 4 nitrogen and oxygen atoms in total. The first-order valence-corrected chi connectivity index (χ1v) is 6.36. The van der Waals surface area contributed by atoms with Gasteiger partial charge in [0.2, 0.25) is 0 Å². The van der Waals surface area contributed by atoms with Crippen LogP contribution in [0.3, 0.4) is 0 Å². The van der Waals surface area contributed by atoms with Crippen molar-refractivity contribution < 1.29 is 4.39 Å². The van der Waals surface area contributed by atoms with Gasteiger partial charge in [0.15, 0.2) is 5.96 Å². The van der Waals surface area contributed by atoms with Crippen molar-refractivity contribution in [1.29, 1.82) is 0 Å². The van der Waals surface area contributed by atoms with Crippen LogP contribution in [0.25, 0.3) is 0 Å². The van der Waals surface area contributed by atoms with E-state index < -0.39 is 0 Å². The summed E-state index contributed by atoms with van der Waals surface area (Å²) in [6.45, 7) is 3.56. The Labute approximate surface area is 107 Å². The molecule has 1 aliphatic rings. The molecule has 0 aromatic heterocycles. The molecule has 1 aromatic rings. The molecule has 0 amide bonds. The van der Waals surface area contributed by atoms with Gasteiger partial charge in [-0.2, -0.15) is 0 Å². The standard InChI is InChI=1S/C13H19FN4/c14-11-4-1-5-12(10-11)15-6-2-7-16-13-17-8-3-9-18-13/h1,4-5,10,15H,2-3,6-9H2,(H2,16,17,18). The molecule has 18 heavy (non-hydrogen) atoms. The highest BCUT2D eigenvalue weighted by Crippen LogP contribution is 2.08. The van der Waals surface area contributed by atoms with Crippen LogP contribution < -0.4 is 16.0 Å². The van der Waals surface area contributed by atoms with Crippen molar-refractivity contribution in [3.63, 3.8) is 0 Å². The molecule has 0 saturated carbocycles. The van der Waals surface area contributed by atoms with Crippen LogP contribution in [0.15, 0.2) is 29.3 Å². The van der Waals surface area contributed by atoms with Gasteiger partial charge in [0, 0.05) is 31.9 Å². The zero-order chi connectivity index (χ0) is 12.6. The summed E-state index contributed by atoms with van der Waals surface area (Å²) in [6.07, 6.45) is 2.06. The first-order valence-electron chi connectivity index (χ1n) is 6.36. The second-order valence-corrected chi connectivity index (χ2v) is 4.23. The average Bonchev–Trinajstić information content (AvgIpc) is 2.40. The van der Waals surface area contributed by atoms with Crippen molar-refractivity contribution in [2.24, 2.45) is 4.99 Å². The van der Waals surface area contributed by atoms with Crippen LogP contribution in [0.2, 0.25) is 0 Å². The van der Waals surface area contributed by atoms with Crippen molar-refractivity contribution in [2.75, 3.05) is 31.5 Å². The molecule has 5 heteroatoms. The summed E-state index contributed by atoms with van der Waals surface area (Å²) in [4.78, 5) is 4.32. The highest BCUT2D eigenvalue weighted by Gasteiger charge is 2.01. The molecule has 0 bridgehead atoms. The molecule has 3 N–H and O–H groups in total. The van der Waals surface area contributed by atoms with Gasteiger partial charge >= 0.3 is 0 Å². The van der Waals surface area contributed by atoms with E-state index in [2.05, 4.69) is 20.9 Å². The molecule has 0 spiro atoms. The number of benzene rings is 1. The fourth-order valence-electron chi connectivity index (χ4n) is 1.78. The number of halogens is 1. The molecule has 98 valence electrons. The van der Waals surface area contributed by atoms with E-state index in [1.54, 1.807) is 6.07 Å². The van der Waals surface area contributed by atoms with Crippen LogP contribution in [0.4, 0.5) is 10.1 Å². The van der Waals surface area contributed by atoms with Gasteiger partial charge in [-0.15, -0.1) is 0 Å². The molecule has 0 unspecified atom stereocenters. The topological polar surface area (TPSA) is 48.5 Å². The number of nitrogens with zero attached hydrogens (tertiary/aromatic N) is 1. The van der Waals surface area contributed by atoms with E-state index in [4.69, 9.17) is 0 Å². The summed E-state index contributed by atoms with van der Waals surface area (Å²) in [7, 11) is 0. The molecular formula is C13H19FN4. The van der Waals surface area contributed by atoms with Crippen LogP contribution in [0, 0.1) is 5.82 Å². The Morgan fingerprint density at radius 2 is 2.17 bits per heavy atom. The van der Waals surface area contributed by atoms with E-state index in [9.17, 15) is 4.39 Å². The van der Waals surface area contributed by atoms with E-state index in [1.807, 2.05) is 6.07 Å². The molecule has 1 aliphatic heterocycles. The van der Waals surface area contributed by atoms with Crippen LogP contribution >= 0.6 is 0 Å². The fraction of sp³-hybridized carbons (Fsp3) is 0.462. The lowest BCUT2D eigenvalue weighted by molar-refractivity contribution is 0.628. The summed E-state index contributed by atoms with van der Waals surface area (Å²) in [5.74, 6) is 0.686. The predicted octanol–water partition coefficient (Wildman–Crippen LogP) is 1.57. The van der Waals surface area contributed by atoms with Crippen LogP contribution in [0.5, 0.6) is 0 Å². The highest BCUT2D eigenvalue weighted by atomic mass is 19.1. The summed E-state index contributed by atoms with van der Waals surface area (Å²) < 4.78 is 12.9. The lowest BCUT2D eigenvalue weighted by Gasteiger charge is -2.16. The third-order valence-electron chi connectivity index (χ3n) is 2.70. The van der Waals surface area contributed by atoms with Gasteiger partial charge < -0.3 is 16.0 Å². The predicted molar refractivity (Wildman–Crippen MR) is 72.4 cm³/mol. The van der Waals surface area contributed by atoms with Gasteiger partial charge in [-0.05, 0) is 31.0 Å². The molecule has 0 radical (unpaired) electrons. The van der Waals surface area contributed by atoms with E-state index in [0.717, 1.165) is 50.7 Å². The third-order valence-corrected chi connectivity index (χ3v) is 2.70. The molecule has 2 rings (SSSR count). The number of anilines is 1. The molecule has 1 aromatic carbocycles. The highest BCUT2D eigenvalue weighted by molar-refractivity contribution is 5.80. The van der Waals surface area contributed by atoms with Gasteiger partial charge in [0.25, 0.3) is 0 Å². The van der Waals surface area contributed by atoms with Crippen molar-refractivity contribution in [2.45, 2.75) is 12.8 Å². The largest absolute Gasteiger partial charge is 0.385 e. The number of nitrogens with one attached hydrogen (secondary N) is 3. The minimum absolute atomic E-state index is 0.209. The molecule has 0 atom stereocenters. The van der Waals surface area contributed by atoms with Crippen molar-refractivity contribution in [3.05, 3.63) is 30.1 Å². The summed E-state index contributed by atoms with van der Waals surface area (Å²) >= 11 is 0. The van der Waals surface area contributed by atoms with E-state index in [0.29, 0.717) is 0 Å². The van der Waals surface area contributed by atoms with Crippen LogP contribution in [0.1, 0.15) is 12.8 Å². The third kappa shape index (κ3) is 4.24. The Morgan fingerprint density at radius 1 is 1.28 bits per heavy atom. The Kier molecular flexibility index (Phi) is 4.81.